The van der Waals surface area contributed by atoms with Crippen LogP contribution in [0.15, 0.2) is 29.2 Å². The fourth-order valence-electron chi connectivity index (χ4n) is 6.20. The Kier molecular flexibility index (Phi) is 5.62. The molecule has 2 aliphatic carbocycles. The van der Waals surface area contributed by atoms with Gasteiger partial charge in [0, 0.05) is 23.9 Å². The molecule has 2 aromatic rings. The average Bonchev–Trinajstić information content (AvgIpc) is 2.99. The maximum Gasteiger partial charge on any atom is 0.227 e. The second-order valence-electron chi connectivity index (χ2n) is 10.3. The summed E-state index contributed by atoms with van der Waals surface area (Å²) in [5.41, 5.74) is 1.98. The van der Waals surface area contributed by atoms with Gasteiger partial charge in [-0.1, -0.05) is 23.7 Å². The van der Waals surface area contributed by atoms with E-state index in [-0.39, 0.29) is 12.1 Å². The van der Waals surface area contributed by atoms with E-state index in [4.69, 9.17) is 21.6 Å². The lowest BCUT2D eigenvalue weighted by Crippen LogP contribution is -2.54. The number of fused-ring (bicyclic) bond motifs is 3. The first-order valence-electron chi connectivity index (χ1n) is 12.2. The molecule has 7 rings (SSSR count). The number of hydrogen-bond acceptors (Lipinski definition) is 6. The Morgan fingerprint density at radius 1 is 1.12 bits per heavy atom. The second-order valence-corrected chi connectivity index (χ2v) is 12.3. The van der Waals surface area contributed by atoms with Crippen LogP contribution in [-0.4, -0.2) is 50.3 Å². The highest BCUT2D eigenvalue weighted by molar-refractivity contribution is 7.85. The summed E-state index contributed by atoms with van der Waals surface area (Å²) in [4.78, 5) is 13.0. The van der Waals surface area contributed by atoms with Gasteiger partial charge in [0.2, 0.25) is 5.95 Å². The summed E-state index contributed by atoms with van der Waals surface area (Å²) in [6, 6.07) is 8.33. The highest BCUT2D eigenvalue weighted by Crippen LogP contribution is 2.52. The maximum absolute atomic E-state index is 13.1. The summed E-state index contributed by atoms with van der Waals surface area (Å²) in [7, 11) is -1.10. The largest absolute Gasteiger partial charge is 0.394 e. The van der Waals surface area contributed by atoms with E-state index in [0.717, 1.165) is 73.2 Å². The SMILES string of the molecule is O=[S@]1CCCCc2nc(N3CC4CC(C3)C4c3ccc(Cl)cc3)nc(NC3(CO)CCC3)c21. The van der Waals surface area contributed by atoms with Crippen LogP contribution in [0, 0.1) is 11.8 Å². The van der Waals surface area contributed by atoms with Gasteiger partial charge < -0.3 is 15.3 Å². The highest BCUT2D eigenvalue weighted by atomic mass is 35.5. The van der Waals surface area contributed by atoms with Crippen LogP contribution in [-0.2, 0) is 17.2 Å². The minimum atomic E-state index is -1.10. The molecular weight excluding hydrogens is 456 g/mol. The summed E-state index contributed by atoms with van der Waals surface area (Å²) in [5, 5.41) is 14.4. The average molecular weight is 487 g/mol. The lowest BCUT2D eigenvalue weighted by molar-refractivity contribution is 0.110. The Morgan fingerprint density at radius 2 is 1.88 bits per heavy atom. The summed E-state index contributed by atoms with van der Waals surface area (Å²) < 4.78 is 13.1. The minimum Gasteiger partial charge on any atom is -0.394 e. The van der Waals surface area contributed by atoms with Gasteiger partial charge in [-0.05, 0) is 80.4 Å². The standard InChI is InChI=1S/C25H31ClN4O2S/c26-19-7-5-16(6-8-19)21-17-12-18(21)14-30(13-17)24-27-20-4-1-2-11-33(32)22(20)23(28-24)29-25(15-31)9-3-10-25/h5-8,17-18,21,31H,1-4,9-15H2,(H,27,28,29)/t17?,18?,21?,33-/m0/s1. The van der Waals surface area contributed by atoms with Gasteiger partial charge in [-0.25, -0.2) is 4.98 Å². The first kappa shape index (κ1) is 21.8. The number of nitrogens with zero attached hydrogens (tertiary/aromatic N) is 3. The zero-order chi connectivity index (χ0) is 22.6. The van der Waals surface area contributed by atoms with E-state index in [0.29, 0.717) is 29.3 Å². The van der Waals surface area contributed by atoms with Crippen LogP contribution in [0.1, 0.15) is 55.7 Å². The molecule has 5 aliphatic rings. The number of aliphatic hydroxyl groups excluding tert-OH is 1. The summed E-state index contributed by atoms with van der Waals surface area (Å²) in [5.74, 6) is 3.87. The molecule has 2 unspecified atom stereocenters. The molecule has 0 amide bonds. The molecule has 1 aromatic carbocycles. The lowest BCUT2D eigenvalue weighted by atomic mass is 9.59. The van der Waals surface area contributed by atoms with E-state index in [1.165, 1.54) is 12.0 Å². The quantitative estimate of drug-likeness (QED) is 0.661. The summed E-state index contributed by atoms with van der Waals surface area (Å²) >= 11 is 6.10. The molecule has 8 heteroatoms. The fraction of sp³-hybridized carbons (Fsp3) is 0.600. The van der Waals surface area contributed by atoms with E-state index in [1.54, 1.807) is 0 Å². The number of halogens is 1. The summed E-state index contributed by atoms with van der Waals surface area (Å²) in [6.45, 7) is 1.96. The Morgan fingerprint density at radius 3 is 2.55 bits per heavy atom. The van der Waals surface area contributed by atoms with Crippen molar-refractivity contribution in [2.24, 2.45) is 11.8 Å². The molecule has 0 radical (unpaired) electrons. The zero-order valence-electron chi connectivity index (χ0n) is 18.8. The van der Waals surface area contributed by atoms with Gasteiger partial charge in [-0.2, -0.15) is 4.98 Å². The number of aryl methyl sites for hydroxylation is 1. The number of rotatable bonds is 5. The third-order valence-electron chi connectivity index (χ3n) is 8.21. The van der Waals surface area contributed by atoms with Gasteiger partial charge in [0.15, 0.2) is 0 Å². The lowest BCUT2D eigenvalue weighted by Gasteiger charge is -2.54. The van der Waals surface area contributed by atoms with Crippen molar-refractivity contribution in [2.75, 3.05) is 35.7 Å². The van der Waals surface area contributed by atoms with Crippen molar-refractivity contribution >= 4 is 34.2 Å². The molecule has 1 aromatic heterocycles. The van der Waals surface area contributed by atoms with Gasteiger partial charge in [-0.15, -0.1) is 0 Å². The van der Waals surface area contributed by atoms with E-state index < -0.39 is 10.8 Å². The van der Waals surface area contributed by atoms with Crippen molar-refractivity contribution in [1.82, 2.24) is 9.97 Å². The van der Waals surface area contributed by atoms with Gasteiger partial charge in [0.1, 0.15) is 10.7 Å². The van der Waals surface area contributed by atoms with E-state index >= 15 is 0 Å². The van der Waals surface area contributed by atoms with Crippen LogP contribution in [0.4, 0.5) is 11.8 Å². The monoisotopic (exact) mass is 486 g/mol. The Hall–Kier alpha value is -1.70. The van der Waals surface area contributed by atoms with Gasteiger partial charge in [0.25, 0.3) is 0 Å². The molecule has 2 N–H and O–H groups in total. The molecule has 3 aliphatic heterocycles. The molecule has 4 fully saturated rings. The number of piperidine rings is 2. The molecule has 0 spiro atoms. The fourth-order valence-corrected chi connectivity index (χ4v) is 7.72. The number of benzene rings is 1. The Labute approximate surface area is 202 Å². The molecule has 4 heterocycles. The number of anilines is 2. The van der Waals surface area contributed by atoms with Gasteiger partial charge in [-0.3, -0.25) is 4.21 Å². The predicted molar refractivity (Wildman–Crippen MR) is 132 cm³/mol. The van der Waals surface area contributed by atoms with Crippen LogP contribution in [0.25, 0.3) is 0 Å². The maximum atomic E-state index is 13.1. The van der Waals surface area contributed by atoms with Gasteiger partial charge >= 0.3 is 0 Å². The van der Waals surface area contributed by atoms with Crippen LogP contribution in [0.2, 0.25) is 5.02 Å². The van der Waals surface area contributed by atoms with Crippen LogP contribution in [0.5, 0.6) is 0 Å². The van der Waals surface area contributed by atoms with Crippen molar-refractivity contribution in [1.29, 1.82) is 0 Å². The van der Waals surface area contributed by atoms with Crippen molar-refractivity contribution in [3.05, 3.63) is 40.5 Å². The third-order valence-corrected chi connectivity index (χ3v) is 10.0. The van der Waals surface area contributed by atoms with Crippen LogP contribution >= 0.6 is 11.6 Å². The summed E-state index contributed by atoms with van der Waals surface area (Å²) in [6.07, 6.45) is 6.96. The van der Waals surface area contributed by atoms with Crippen LogP contribution in [0.3, 0.4) is 0 Å². The molecule has 2 saturated heterocycles. The zero-order valence-corrected chi connectivity index (χ0v) is 20.4. The molecule has 6 nitrogen and oxygen atoms in total. The van der Waals surface area contributed by atoms with Crippen molar-refractivity contribution in [3.63, 3.8) is 0 Å². The molecular formula is C25H31ClN4O2S. The first-order chi connectivity index (χ1) is 16.0. The van der Waals surface area contributed by atoms with Crippen molar-refractivity contribution in [2.45, 2.75) is 61.3 Å². The topological polar surface area (TPSA) is 78.4 Å². The van der Waals surface area contributed by atoms with E-state index in [9.17, 15) is 9.32 Å². The Bertz CT molecular complexity index is 1060. The normalized spacial score (nSPS) is 29.9. The highest BCUT2D eigenvalue weighted by Gasteiger charge is 2.48. The van der Waals surface area contributed by atoms with Crippen LogP contribution < -0.4 is 10.2 Å². The van der Waals surface area contributed by atoms with Gasteiger partial charge in [0.05, 0.1) is 28.6 Å². The van der Waals surface area contributed by atoms with Crippen molar-refractivity contribution < 1.29 is 9.32 Å². The smallest absolute Gasteiger partial charge is 0.227 e. The minimum absolute atomic E-state index is 0.0738. The molecule has 176 valence electrons. The third kappa shape index (κ3) is 3.86. The number of hydrogen-bond donors (Lipinski definition) is 2. The molecule has 2 bridgehead atoms. The number of nitrogens with one attached hydrogen (secondary N) is 1. The molecule has 3 atom stereocenters. The Balaban J connectivity index is 1.30. The number of aromatic nitrogens is 2. The van der Waals surface area contributed by atoms with E-state index in [2.05, 4.69) is 22.3 Å². The molecule has 2 saturated carbocycles. The molecule has 33 heavy (non-hydrogen) atoms. The van der Waals surface area contributed by atoms with E-state index in [1.807, 2.05) is 12.1 Å². The van der Waals surface area contributed by atoms with Crippen molar-refractivity contribution in [3.8, 4) is 0 Å². The first-order valence-corrected chi connectivity index (χ1v) is 13.9. The number of aliphatic hydroxyl groups is 1. The second kappa shape index (κ2) is 8.51. The predicted octanol–water partition coefficient (Wildman–Crippen LogP) is 4.14.